The lowest BCUT2D eigenvalue weighted by atomic mass is 10.0. The number of hydrogen-bond acceptors (Lipinski definition) is 3. The number of hydrogen-bond donors (Lipinski definition) is 1. The van der Waals surface area contributed by atoms with Crippen LogP contribution in [0.25, 0.3) is 0 Å². The predicted molar refractivity (Wildman–Crippen MR) is 64.9 cm³/mol. The fourth-order valence-electron chi connectivity index (χ4n) is 2.68. The molecular weight excluding hydrogens is 200 g/mol. The van der Waals surface area contributed by atoms with Crippen LogP contribution in [0.2, 0.25) is 0 Å². The second-order valence-corrected chi connectivity index (χ2v) is 5.00. The van der Waals surface area contributed by atoms with Crippen molar-refractivity contribution in [3.63, 3.8) is 0 Å². The van der Waals surface area contributed by atoms with Gasteiger partial charge in [0.05, 0.1) is 12.8 Å². The van der Waals surface area contributed by atoms with E-state index in [-0.39, 0.29) is 0 Å². The van der Waals surface area contributed by atoms with Crippen molar-refractivity contribution in [3.05, 3.63) is 23.7 Å². The molecule has 0 aliphatic carbocycles. The topological polar surface area (TPSA) is 42.4 Å². The van der Waals surface area contributed by atoms with Crippen molar-refractivity contribution in [1.82, 2.24) is 4.90 Å². The maximum atomic E-state index is 5.69. The standard InChI is InChI=1S/C13H22N2O/c1-10(2)12-4-3-6-15(12)9-13-11(8-14)5-7-16-13/h5,7,10,12H,3-4,6,8-9,14H2,1-2H3. The summed E-state index contributed by atoms with van der Waals surface area (Å²) in [4.78, 5) is 2.53. The Balaban J connectivity index is 2.04. The molecule has 0 radical (unpaired) electrons. The van der Waals surface area contributed by atoms with Gasteiger partial charge in [0.1, 0.15) is 5.76 Å². The first-order valence-electron chi connectivity index (χ1n) is 6.21. The number of furan rings is 1. The largest absolute Gasteiger partial charge is 0.468 e. The minimum Gasteiger partial charge on any atom is -0.468 e. The third-order valence-corrected chi connectivity index (χ3v) is 3.59. The first kappa shape index (κ1) is 11.7. The first-order valence-corrected chi connectivity index (χ1v) is 6.21. The number of nitrogens with two attached hydrogens (primary N) is 1. The molecule has 1 aliphatic rings. The third-order valence-electron chi connectivity index (χ3n) is 3.59. The molecule has 3 heteroatoms. The molecule has 1 aromatic heterocycles. The molecule has 1 fully saturated rings. The highest BCUT2D eigenvalue weighted by Gasteiger charge is 2.27. The van der Waals surface area contributed by atoms with Crippen molar-refractivity contribution in [1.29, 1.82) is 0 Å². The minimum absolute atomic E-state index is 0.575. The Morgan fingerprint density at radius 1 is 1.56 bits per heavy atom. The summed E-state index contributed by atoms with van der Waals surface area (Å²) >= 11 is 0. The normalized spacial score (nSPS) is 22.1. The van der Waals surface area contributed by atoms with E-state index in [4.69, 9.17) is 10.2 Å². The maximum Gasteiger partial charge on any atom is 0.122 e. The predicted octanol–water partition coefficient (Wildman–Crippen LogP) is 2.36. The molecule has 16 heavy (non-hydrogen) atoms. The van der Waals surface area contributed by atoms with E-state index in [1.807, 2.05) is 6.07 Å². The summed E-state index contributed by atoms with van der Waals surface area (Å²) in [6.07, 6.45) is 4.37. The lowest BCUT2D eigenvalue weighted by Crippen LogP contribution is -2.33. The molecule has 1 saturated heterocycles. The van der Waals surface area contributed by atoms with E-state index in [0.717, 1.165) is 23.8 Å². The van der Waals surface area contributed by atoms with Gasteiger partial charge >= 0.3 is 0 Å². The van der Waals surface area contributed by atoms with Gasteiger partial charge in [0.2, 0.25) is 0 Å². The molecule has 1 atom stereocenters. The molecule has 0 bridgehead atoms. The molecule has 2 rings (SSSR count). The number of rotatable bonds is 4. The van der Waals surface area contributed by atoms with Gasteiger partial charge in [0, 0.05) is 18.2 Å². The molecule has 0 saturated carbocycles. The smallest absolute Gasteiger partial charge is 0.122 e. The van der Waals surface area contributed by atoms with Crippen LogP contribution in [0.3, 0.4) is 0 Å². The van der Waals surface area contributed by atoms with Gasteiger partial charge in [-0.15, -0.1) is 0 Å². The first-order chi connectivity index (χ1) is 7.72. The molecule has 1 aliphatic heterocycles. The van der Waals surface area contributed by atoms with Gasteiger partial charge in [0.25, 0.3) is 0 Å². The van der Waals surface area contributed by atoms with Crippen LogP contribution in [0.1, 0.15) is 38.0 Å². The van der Waals surface area contributed by atoms with Gasteiger partial charge < -0.3 is 10.2 Å². The van der Waals surface area contributed by atoms with Crippen molar-refractivity contribution in [3.8, 4) is 0 Å². The molecule has 0 amide bonds. The second-order valence-electron chi connectivity index (χ2n) is 5.00. The van der Waals surface area contributed by atoms with Crippen LogP contribution in [0.15, 0.2) is 16.7 Å². The van der Waals surface area contributed by atoms with E-state index in [2.05, 4.69) is 18.7 Å². The summed E-state index contributed by atoms with van der Waals surface area (Å²) < 4.78 is 5.52. The molecule has 90 valence electrons. The Morgan fingerprint density at radius 2 is 2.38 bits per heavy atom. The third kappa shape index (κ3) is 2.30. The minimum atomic E-state index is 0.575. The second kappa shape index (κ2) is 5.02. The quantitative estimate of drug-likeness (QED) is 0.850. The molecule has 1 aromatic rings. The maximum absolute atomic E-state index is 5.69. The van der Waals surface area contributed by atoms with Crippen LogP contribution in [0, 0.1) is 5.92 Å². The van der Waals surface area contributed by atoms with Gasteiger partial charge in [-0.05, 0) is 31.4 Å². The van der Waals surface area contributed by atoms with Crippen LogP contribution in [-0.2, 0) is 13.1 Å². The van der Waals surface area contributed by atoms with Crippen LogP contribution < -0.4 is 5.73 Å². The van der Waals surface area contributed by atoms with Crippen molar-refractivity contribution in [2.75, 3.05) is 6.54 Å². The van der Waals surface area contributed by atoms with Crippen LogP contribution in [0.4, 0.5) is 0 Å². The molecule has 0 spiro atoms. The highest BCUT2D eigenvalue weighted by molar-refractivity contribution is 5.16. The molecule has 2 N–H and O–H groups in total. The average Bonchev–Trinajstić information content (AvgIpc) is 2.86. The molecule has 3 nitrogen and oxygen atoms in total. The van der Waals surface area contributed by atoms with Crippen LogP contribution >= 0.6 is 0 Å². The van der Waals surface area contributed by atoms with Gasteiger partial charge in [-0.2, -0.15) is 0 Å². The van der Waals surface area contributed by atoms with Gasteiger partial charge in [0.15, 0.2) is 0 Å². The van der Waals surface area contributed by atoms with E-state index in [1.54, 1.807) is 6.26 Å². The van der Waals surface area contributed by atoms with Gasteiger partial charge in [-0.25, -0.2) is 0 Å². The molecule has 2 heterocycles. The van der Waals surface area contributed by atoms with Crippen molar-refractivity contribution in [2.24, 2.45) is 11.7 Å². The molecule has 1 unspecified atom stereocenters. The summed E-state index contributed by atoms with van der Waals surface area (Å²) in [5.74, 6) is 1.77. The zero-order valence-corrected chi connectivity index (χ0v) is 10.3. The van der Waals surface area contributed by atoms with Crippen molar-refractivity contribution < 1.29 is 4.42 Å². The number of likely N-dealkylation sites (tertiary alicyclic amines) is 1. The summed E-state index contributed by atoms with van der Waals surface area (Å²) in [6, 6.07) is 2.69. The lowest BCUT2D eigenvalue weighted by Gasteiger charge is -2.26. The summed E-state index contributed by atoms with van der Waals surface area (Å²) in [6.45, 7) is 7.28. The van der Waals surface area contributed by atoms with E-state index in [9.17, 15) is 0 Å². The SMILES string of the molecule is CC(C)C1CCCN1Cc1occc1CN. The van der Waals surface area contributed by atoms with Gasteiger partial charge in [-0.3, -0.25) is 4.90 Å². The fourth-order valence-corrected chi connectivity index (χ4v) is 2.68. The van der Waals surface area contributed by atoms with E-state index >= 15 is 0 Å². The highest BCUT2D eigenvalue weighted by Crippen LogP contribution is 2.26. The summed E-state index contributed by atoms with van der Waals surface area (Å²) in [5.41, 5.74) is 6.83. The Kier molecular flexibility index (Phi) is 3.66. The van der Waals surface area contributed by atoms with Crippen LogP contribution in [0.5, 0.6) is 0 Å². The summed E-state index contributed by atoms with van der Waals surface area (Å²) in [5, 5.41) is 0. The zero-order chi connectivity index (χ0) is 11.5. The molecular formula is C13H22N2O. The zero-order valence-electron chi connectivity index (χ0n) is 10.3. The Labute approximate surface area is 97.6 Å². The van der Waals surface area contributed by atoms with Crippen molar-refractivity contribution >= 4 is 0 Å². The average molecular weight is 222 g/mol. The molecule has 0 aromatic carbocycles. The monoisotopic (exact) mass is 222 g/mol. The van der Waals surface area contributed by atoms with E-state index in [0.29, 0.717) is 12.6 Å². The fraction of sp³-hybridized carbons (Fsp3) is 0.692. The Hall–Kier alpha value is -0.800. The highest BCUT2D eigenvalue weighted by atomic mass is 16.3. The lowest BCUT2D eigenvalue weighted by molar-refractivity contribution is 0.184. The number of nitrogens with zero attached hydrogens (tertiary/aromatic N) is 1. The van der Waals surface area contributed by atoms with E-state index in [1.165, 1.54) is 19.4 Å². The van der Waals surface area contributed by atoms with Crippen LogP contribution in [-0.4, -0.2) is 17.5 Å². The Bertz CT molecular complexity index is 332. The Morgan fingerprint density at radius 3 is 3.06 bits per heavy atom. The van der Waals surface area contributed by atoms with Crippen molar-refractivity contribution in [2.45, 2.75) is 45.8 Å². The summed E-state index contributed by atoms with van der Waals surface area (Å²) in [7, 11) is 0. The van der Waals surface area contributed by atoms with E-state index < -0.39 is 0 Å². The van der Waals surface area contributed by atoms with Gasteiger partial charge in [-0.1, -0.05) is 13.8 Å².